The molecule has 198 valence electrons. The Bertz CT molecular complexity index is 1250. The summed E-state index contributed by atoms with van der Waals surface area (Å²) >= 11 is 17.6. The Balaban J connectivity index is 1.81. The number of aromatic hydroxyl groups is 1. The molecule has 3 fully saturated rings. The van der Waals surface area contributed by atoms with Gasteiger partial charge in [-0.3, -0.25) is 29.0 Å². The van der Waals surface area contributed by atoms with Crippen molar-refractivity contribution in [3.8, 4) is 17.2 Å². The summed E-state index contributed by atoms with van der Waals surface area (Å²) in [5, 5.41) is 10.3. The highest BCUT2D eigenvalue weighted by Gasteiger charge is 2.76. The normalized spacial score (nSPS) is 34.8. The first kappa shape index (κ1) is 26.3. The van der Waals surface area contributed by atoms with Crippen LogP contribution in [0.4, 0.5) is 0 Å². The number of halogens is 3. The summed E-state index contributed by atoms with van der Waals surface area (Å²) in [5.74, 6) is -4.80. The van der Waals surface area contributed by atoms with Gasteiger partial charge in [0, 0.05) is 30.2 Å². The molecule has 4 amide bonds. The van der Waals surface area contributed by atoms with Gasteiger partial charge >= 0.3 is 0 Å². The maximum Gasteiger partial charge on any atom is 0.254 e. The predicted octanol–water partition coefficient (Wildman–Crippen LogP) is 3.14. The highest BCUT2D eigenvalue weighted by molar-refractivity contribution is 9.09. The van der Waals surface area contributed by atoms with Crippen LogP contribution in [0.3, 0.4) is 0 Å². The van der Waals surface area contributed by atoms with E-state index < -0.39 is 45.2 Å². The molecular weight excluding hydrogens is 591 g/mol. The van der Waals surface area contributed by atoms with E-state index in [4.69, 9.17) is 32.7 Å². The number of hydrogen-bond acceptors (Lipinski definition) is 7. The van der Waals surface area contributed by atoms with Gasteiger partial charge in [0.2, 0.25) is 11.8 Å². The molecule has 0 aromatic heterocycles. The van der Waals surface area contributed by atoms with Gasteiger partial charge in [0.25, 0.3) is 11.8 Å². The number of nitrogens with zero attached hydrogens (tertiary/aromatic N) is 2. The third-order valence-electron chi connectivity index (χ3n) is 8.24. The topological polar surface area (TPSA) is 113 Å². The van der Waals surface area contributed by atoms with Gasteiger partial charge in [-0.25, -0.2) is 0 Å². The number of ether oxygens (including phenoxy) is 2. The Kier molecular flexibility index (Phi) is 6.32. The van der Waals surface area contributed by atoms with E-state index in [9.17, 15) is 24.3 Å². The Morgan fingerprint density at radius 2 is 1.65 bits per heavy atom. The number of phenolic OH excluding ortho intramolecular Hbond substituents is 1. The number of fused-ring (bicyclic) bond motifs is 4. The molecule has 2 saturated heterocycles. The third kappa shape index (κ3) is 3.21. The molecular formula is C25H25BrCl2N2O7. The van der Waals surface area contributed by atoms with E-state index in [-0.39, 0.29) is 53.9 Å². The maximum atomic E-state index is 13.8. The first-order valence-corrected chi connectivity index (χ1v) is 13.7. The number of alkyl halides is 3. The zero-order valence-corrected chi connectivity index (χ0v) is 23.4. The average molecular weight is 616 g/mol. The summed E-state index contributed by atoms with van der Waals surface area (Å²) in [6.07, 6.45) is 2.00. The second kappa shape index (κ2) is 8.88. The molecule has 0 bridgehead atoms. The van der Waals surface area contributed by atoms with Gasteiger partial charge in [0.15, 0.2) is 9.75 Å². The first-order valence-electron chi connectivity index (χ1n) is 11.8. The number of imide groups is 2. The van der Waals surface area contributed by atoms with E-state index in [1.807, 2.05) is 6.08 Å². The van der Waals surface area contributed by atoms with E-state index in [1.54, 1.807) is 6.92 Å². The highest BCUT2D eigenvalue weighted by Crippen LogP contribution is 2.67. The molecule has 37 heavy (non-hydrogen) atoms. The summed E-state index contributed by atoms with van der Waals surface area (Å²) in [5.41, 5.74) is 0.812. The number of methoxy groups -OCH3 is 2. The number of amides is 4. The van der Waals surface area contributed by atoms with Crippen LogP contribution < -0.4 is 9.47 Å². The number of likely N-dealkylation sites (tertiary alicyclic amines) is 2. The van der Waals surface area contributed by atoms with Crippen LogP contribution >= 0.6 is 39.1 Å². The molecule has 9 nitrogen and oxygen atoms in total. The number of carbonyl (C=O) groups excluding carboxylic acids is 4. The number of carbonyl (C=O) groups is 4. The van der Waals surface area contributed by atoms with Gasteiger partial charge in [-0.2, -0.15) is 0 Å². The van der Waals surface area contributed by atoms with Crippen LogP contribution in [0.15, 0.2) is 23.8 Å². The monoisotopic (exact) mass is 614 g/mol. The molecule has 1 aromatic rings. The Morgan fingerprint density at radius 3 is 2.19 bits per heavy atom. The fourth-order valence-electron chi connectivity index (χ4n) is 6.66. The Morgan fingerprint density at radius 1 is 1.03 bits per heavy atom. The fourth-order valence-corrected chi connectivity index (χ4v) is 8.07. The van der Waals surface area contributed by atoms with Crippen molar-refractivity contribution in [3.05, 3.63) is 29.3 Å². The van der Waals surface area contributed by atoms with Crippen molar-refractivity contribution >= 4 is 62.8 Å². The lowest BCUT2D eigenvalue weighted by molar-refractivity contribution is -0.141. The lowest BCUT2D eigenvalue weighted by atomic mass is 9.56. The predicted molar refractivity (Wildman–Crippen MR) is 137 cm³/mol. The number of hydrogen-bond donors (Lipinski definition) is 1. The van der Waals surface area contributed by atoms with E-state index in [0.717, 1.165) is 4.90 Å². The lowest BCUT2D eigenvalue weighted by Gasteiger charge is -2.51. The largest absolute Gasteiger partial charge is 0.508 e. The van der Waals surface area contributed by atoms with Gasteiger partial charge in [-0.05, 0) is 25.7 Å². The van der Waals surface area contributed by atoms with Crippen molar-refractivity contribution < 1.29 is 33.8 Å². The second-order valence-electron chi connectivity index (χ2n) is 9.67. The summed E-state index contributed by atoms with van der Waals surface area (Å²) in [6, 6.07) is 2.72. The maximum absolute atomic E-state index is 13.8. The zero-order chi connectivity index (χ0) is 27.0. The summed E-state index contributed by atoms with van der Waals surface area (Å²) in [7, 11) is 2.78. The van der Waals surface area contributed by atoms with Gasteiger partial charge in [-0.1, -0.05) is 27.6 Å². The van der Waals surface area contributed by atoms with Gasteiger partial charge in [0.05, 0.1) is 31.5 Å². The molecule has 1 aromatic carbocycles. The Labute approximate surface area is 231 Å². The average Bonchev–Trinajstić information content (AvgIpc) is 3.21. The van der Waals surface area contributed by atoms with E-state index in [0.29, 0.717) is 11.1 Å². The molecule has 12 heteroatoms. The van der Waals surface area contributed by atoms with Crippen LogP contribution in [0.1, 0.15) is 31.2 Å². The number of rotatable bonds is 5. The minimum atomic E-state index is -2.00. The van der Waals surface area contributed by atoms with Gasteiger partial charge in [-0.15, -0.1) is 23.2 Å². The van der Waals surface area contributed by atoms with Crippen LogP contribution in [0.5, 0.6) is 17.2 Å². The minimum Gasteiger partial charge on any atom is -0.508 e. The SMILES string of the molecule is CCN1C(=O)C2CC=C3C(CC4(Cl)C(=O)N(CBr)C(=O)C4(Cl)C3c3c(OC)cc(O)cc3OC)C2C1=O. The lowest BCUT2D eigenvalue weighted by Crippen LogP contribution is -2.60. The molecule has 0 spiro atoms. The molecule has 4 aliphatic rings. The second-order valence-corrected chi connectivity index (χ2v) is 11.4. The van der Waals surface area contributed by atoms with Crippen molar-refractivity contribution in [2.75, 3.05) is 26.2 Å². The van der Waals surface area contributed by atoms with E-state index in [2.05, 4.69) is 15.9 Å². The molecule has 1 saturated carbocycles. The molecule has 2 aliphatic heterocycles. The minimum absolute atomic E-state index is 0.102. The number of phenols is 1. The molecule has 2 heterocycles. The van der Waals surface area contributed by atoms with Crippen LogP contribution in [-0.4, -0.2) is 74.5 Å². The van der Waals surface area contributed by atoms with Crippen molar-refractivity contribution in [2.24, 2.45) is 17.8 Å². The van der Waals surface area contributed by atoms with Gasteiger partial charge in [0.1, 0.15) is 17.2 Å². The van der Waals surface area contributed by atoms with Crippen LogP contribution in [-0.2, 0) is 19.2 Å². The summed E-state index contributed by atoms with van der Waals surface area (Å²) in [4.78, 5) is 52.3. The van der Waals surface area contributed by atoms with Crippen molar-refractivity contribution in [2.45, 2.75) is 35.4 Å². The van der Waals surface area contributed by atoms with Gasteiger partial charge < -0.3 is 14.6 Å². The molecule has 2 aliphatic carbocycles. The number of allylic oxidation sites excluding steroid dienone is 2. The van der Waals surface area contributed by atoms with E-state index >= 15 is 0 Å². The van der Waals surface area contributed by atoms with E-state index in [1.165, 1.54) is 31.3 Å². The molecule has 6 unspecified atom stereocenters. The van der Waals surface area contributed by atoms with Crippen LogP contribution in [0.25, 0.3) is 0 Å². The first-order chi connectivity index (χ1) is 17.5. The quantitative estimate of drug-likeness (QED) is 0.234. The van der Waals surface area contributed by atoms with Crippen molar-refractivity contribution in [3.63, 3.8) is 0 Å². The Hall–Kier alpha value is -2.30. The number of benzene rings is 1. The molecule has 1 N–H and O–H groups in total. The smallest absolute Gasteiger partial charge is 0.254 e. The van der Waals surface area contributed by atoms with Crippen LogP contribution in [0.2, 0.25) is 0 Å². The molecule has 0 radical (unpaired) electrons. The third-order valence-corrected chi connectivity index (χ3v) is 10.2. The highest BCUT2D eigenvalue weighted by atomic mass is 79.9. The summed E-state index contributed by atoms with van der Waals surface area (Å²) < 4.78 is 11.2. The molecule has 5 rings (SSSR count). The summed E-state index contributed by atoms with van der Waals surface area (Å²) in [6.45, 7) is 1.97. The van der Waals surface area contributed by atoms with Crippen molar-refractivity contribution in [1.29, 1.82) is 0 Å². The fraction of sp³-hybridized carbons (Fsp3) is 0.520. The zero-order valence-electron chi connectivity index (χ0n) is 20.3. The van der Waals surface area contributed by atoms with Crippen LogP contribution in [0, 0.1) is 17.8 Å². The van der Waals surface area contributed by atoms with Crippen molar-refractivity contribution in [1.82, 2.24) is 9.80 Å². The molecule has 6 atom stereocenters. The standard InChI is InChI=1S/C25H25BrCl2N2O7/c1-4-29-20(32)13-6-5-12-14(17(13)21(29)33)9-24(27)22(34)30(10-26)23(35)25(24,28)19(12)18-15(36-2)7-11(31)8-16(18)37-3/h5,7-8,13-14,17,19,31H,4,6,9-10H2,1-3H3.